The molecule has 6 heteroatoms. The van der Waals surface area contributed by atoms with E-state index >= 15 is 0 Å². The van der Waals surface area contributed by atoms with Crippen molar-refractivity contribution in [2.24, 2.45) is 0 Å². The van der Waals surface area contributed by atoms with Gasteiger partial charge >= 0.3 is 0 Å². The first-order chi connectivity index (χ1) is 7.99. The van der Waals surface area contributed by atoms with E-state index in [1.807, 2.05) is 20.8 Å². The van der Waals surface area contributed by atoms with Gasteiger partial charge in [-0.3, -0.25) is 0 Å². The molecule has 0 saturated heterocycles. The summed E-state index contributed by atoms with van der Waals surface area (Å²) in [5.41, 5.74) is 0.872. The number of aromatic nitrogens is 1. The number of nitrogens with one attached hydrogen (secondary N) is 3. The van der Waals surface area contributed by atoms with Crippen LogP contribution >= 0.6 is 0 Å². The van der Waals surface area contributed by atoms with E-state index < -0.39 is 10.0 Å². The van der Waals surface area contributed by atoms with Crippen LogP contribution in [0.15, 0.2) is 17.2 Å². The van der Waals surface area contributed by atoms with Crippen molar-refractivity contribution in [3.63, 3.8) is 0 Å². The summed E-state index contributed by atoms with van der Waals surface area (Å²) >= 11 is 0. The molecule has 0 aromatic carbocycles. The SMILES string of the molecule is CCNCc1cc(S(=O)(=O)NC(C)CC)c[nH]1. The van der Waals surface area contributed by atoms with Crippen molar-refractivity contribution in [3.05, 3.63) is 18.0 Å². The molecule has 0 aliphatic heterocycles. The molecule has 1 unspecified atom stereocenters. The Labute approximate surface area is 103 Å². The smallest absolute Gasteiger partial charge is 0.242 e. The van der Waals surface area contributed by atoms with E-state index in [9.17, 15) is 8.42 Å². The number of rotatable bonds is 7. The maximum absolute atomic E-state index is 11.9. The van der Waals surface area contributed by atoms with Crippen LogP contribution < -0.4 is 10.0 Å². The van der Waals surface area contributed by atoms with Crippen LogP contribution in [0.2, 0.25) is 0 Å². The van der Waals surface area contributed by atoms with Crippen LogP contribution in [-0.4, -0.2) is 26.0 Å². The van der Waals surface area contributed by atoms with E-state index in [0.717, 1.165) is 18.7 Å². The van der Waals surface area contributed by atoms with Crippen molar-refractivity contribution < 1.29 is 8.42 Å². The van der Waals surface area contributed by atoms with Gasteiger partial charge in [-0.2, -0.15) is 0 Å². The second-order valence-corrected chi connectivity index (χ2v) is 5.79. The van der Waals surface area contributed by atoms with E-state index in [4.69, 9.17) is 0 Å². The summed E-state index contributed by atoms with van der Waals surface area (Å²) in [6.07, 6.45) is 2.30. The van der Waals surface area contributed by atoms with Crippen molar-refractivity contribution in [3.8, 4) is 0 Å². The molecule has 1 atom stereocenters. The Morgan fingerprint density at radius 3 is 2.71 bits per heavy atom. The predicted octanol–water partition coefficient (Wildman–Crippen LogP) is 1.20. The summed E-state index contributed by atoms with van der Waals surface area (Å²) in [5, 5.41) is 3.13. The topological polar surface area (TPSA) is 74.0 Å². The predicted molar refractivity (Wildman–Crippen MR) is 68.2 cm³/mol. The highest BCUT2D eigenvalue weighted by Crippen LogP contribution is 2.11. The zero-order valence-corrected chi connectivity index (χ0v) is 11.4. The minimum absolute atomic E-state index is 0.0490. The van der Waals surface area contributed by atoms with Gasteiger partial charge in [-0.15, -0.1) is 0 Å². The van der Waals surface area contributed by atoms with Crippen molar-refractivity contribution >= 4 is 10.0 Å². The molecule has 1 heterocycles. The Morgan fingerprint density at radius 1 is 1.41 bits per heavy atom. The van der Waals surface area contributed by atoms with E-state index in [0.29, 0.717) is 11.4 Å². The van der Waals surface area contributed by atoms with Gasteiger partial charge in [0, 0.05) is 24.5 Å². The number of hydrogen-bond donors (Lipinski definition) is 3. The second kappa shape index (κ2) is 6.18. The molecule has 1 aromatic heterocycles. The quantitative estimate of drug-likeness (QED) is 0.689. The summed E-state index contributed by atoms with van der Waals surface area (Å²) in [6, 6.07) is 1.61. The van der Waals surface area contributed by atoms with Gasteiger partial charge < -0.3 is 10.3 Å². The van der Waals surface area contributed by atoms with Crippen LogP contribution in [0.1, 0.15) is 32.9 Å². The molecule has 1 rings (SSSR count). The van der Waals surface area contributed by atoms with Gasteiger partial charge in [0.15, 0.2) is 0 Å². The molecule has 0 bridgehead atoms. The Hall–Kier alpha value is -0.850. The fourth-order valence-electron chi connectivity index (χ4n) is 1.35. The first kappa shape index (κ1) is 14.2. The van der Waals surface area contributed by atoms with E-state index in [1.165, 1.54) is 6.20 Å². The monoisotopic (exact) mass is 259 g/mol. The summed E-state index contributed by atoms with van der Waals surface area (Å²) in [5.74, 6) is 0. The van der Waals surface area contributed by atoms with Crippen LogP contribution in [-0.2, 0) is 16.6 Å². The number of hydrogen-bond acceptors (Lipinski definition) is 3. The summed E-state index contributed by atoms with van der Waals surface area (Å²) < 4.78 is 26.5. The lowest BCUT2D eigenvalue weighted by molar-refractivity contribution is 0.556. The average Bonchev–Trinajstić information content (AvgIpc) is 2.75. The van der Waals surface area contributed by atoms with Crippen molar-refractivity contribution in [1.29, 1.82) is 0 Å². The van der Waals surface area contributed by atoms with Crippen molar-refractivity contribution in [2.45, 2.75) is 44.7 Å². The molecule has 3 N–H and O–H groups in total. The molecule has 1 aromatic rings. The third-order valence-corrected chi connectivity index (χ3v) is 4.13. The lowest BCUT2D eigenvalue weighted by Gasteiger charge is -2.10. The van der Waals surface area contributed by atoms with Crippen LogP contribution in [0.25, 0.3) is 0 Å². The minimum Gasteiger partial charge on any atom is -0.363 e. The summed E-state index contributed by atoms with van der Waals surface area (Å²) in [4.78, 5) is 3.25. The van der Waals surface area contributed by atoms with Crippen molar-refractivity contribution in [2.75, 3.05) is 6.54 Å². The average molecular weight is 259 g/mol. The molecule has 98 valence electrons. The van der Waals surface area contributed by atoms with E-state index in [1.54, 1.807) is 6.07 Å². The van der Waals surface area contributed by atoms with E-state index in [2.05, 4.69) is 15.0 Å². The second-order valence-electron chi connectivity index (χ2n) is 4.07. The fraction of sp³-hybridized carbons (Fsp3) is 0.636. The first-order valence-electron chi connectivity index (χ1n) is 5.90. The van der Waals surface area contributed by atoms with Gasteiger partial charge in [0.1, 0.15) is 0 Å². The molecule has 0 spiro atoms. The summed E-state index contributed by atoms with van der Waals surface area (Å²) in [7, 11) is -3.38. The first-order valence-corrected chi connectivity index (χ1v) is 7.38. The van der Waals surface area contributed by atoms with Crippen LogP contribution in [0.5, 0.6) is 0 Å². The summed E-state index contributed by atoms with van der Waals surface area (Å²) in [6.45, 7) is 7.30. The molecule has 0 amide bonds. The molecule has 0 aliphatic rings. The van der Waals surface area contributed by atoms with Crippen LogP contribution in [0, 0.1) is 0 Å². The Balaban J connectivity index is 2.74. The standard InChI is InChI=1S/C11H21N3O2S/c1-4-9(3)14-17(15,16)11-6-10(13-8-11)7-12-5-2/h6,8-9,12-14H,4-5,7H2,1-3H3. The highest BCUT2D eigenvalue weighted by molar-refractivity contribution is 7.89. The third-order valence-electron chi connectivity index (χ3n) is 2.56. The lowest BCUT2D eigenvalue weighted by Crippen LogP contribution is -2.31. The van der Waals surface area contributed by atoms with Gasteiger partial charge in [-0.05, 0) is 26.0 Å². The maximum atomic E-state index is 11.9. The van der Waals surface area contributed by atoms with Crippen LogP contribution in [0.3, 0.4) is 0 Å². The number of sulfonamides is 1. The normalized spacial score (nSPS) is 13.8. The zero-order chi connectivity index (χ0) is 12.9. The third kappa shape index (κ3) is 4.14. The molecule has 17 heavy (non-hydrogen) atoms. The Morgan fingerprint density at radius 2 is 2.12 bits per heavy atom. The fourth-order valence-corrected chi connectivity index (χ4v) is 2.70. The van der Waals surface area contributed by atoms with Gasteiger partial charge in [0.25, 0.3) is 0 Å². The van der Waals surface area contributed by atoms with Gasteiger partial charge in [0.2, 0.25) is 10.0 Å². The molecule has 0 saturated carbocycles. The number of H-pyrrole nitrogens is 1. The Kier molecular flexibility index (Phi) is 5.17. The minimum atomic E-state index is -3.38. The van der Waals surface area contributed by atoms with Crippen molar-refractivity contribution in [1.82, 2.24) is 15.0 Å². The van der Waals surface area contributed by atoms with Gasteiger partial charge in [-0.1, -0.05) is 13.8 Å². The maximum Gasteiger partial charge on any atom is 0.242 e. The number of aromatic amines is 1. The highest BCUT2D eigenvalue weighted by Gasteiger charge is 2.17. The molecular formula is C11H21N3O2S. The largest absolute Gasteiger partial charge is 0.363 e. The Bertz CT molecular complexity index is 439. The van der Waals surface area contributed by atoms with Gasteiger partial charge in [-0.25, -0.2) is 13.1 Å². The molecular weight excluding hydrogens is 238 g/mol. The zero-order valence-electron chi connectivity index (χ0n) is 10.6. The van der Waals surface area contributed by atoms with Crippen LogP contribution in [0.4, 0.5) is 0 Å². The molecule has 0 radical (unpaired) electrons. The molecule has 0 aliphatic carbocycles. The molecule has 0 fully saturated rings. The highest BCUT2D eigenvalue weighted by atomic mass is 32.2. The van der Waals surface area contributed by atoms with Gasteiger partial charge in [0.05, 0.1) is 4.90 Å². The van der Waals surface area contributed by atoms with E-state index in [-0.39, 0.29) is 6.04 Å². The molecule has 5 nitrogen and oxygen atoms in total. The lowest BCUT2D eigenvalue weighted by atomic mass is 10.3.